The molecule has 0 saturated carbocycles. The molecule has 50 heavy (non-hydrogen) atoms. The average molecular weight is 696 g/mol. The summed E-state index contributed by atoms with van der Waals surface area (Å²) >= 11 is 0. The van der Waals surface area contributed by atoms with Crippen LogP contribution in [-0.2, 0) is 10.1 Å². The SMILES string of the molecule is O=[N+]([O-])c1cc(C2=N/C(=N\c3c(-c4ccccc4)cc(-c4ccc(OCCCS(=O)(=O)O)cc4)n3B(F)F)C(c3ccccc3)=C2)ccc1O. The largest absolute Gasteiger partial charge is 0.679 e. The summed E-state index contributed by atoms with van der Waals surface area (Å²) in [4.78, 5) is 20.3. The highest BCUT2D eigenvalue weighted by Crippen LogP contribution is 2.41. The van der Waals surface area contributed by atoms with Crippen molar-refractivity contribution in [2.24, 2.45) is 9.98 Å². The summed E-state index contributed by atoms with van der Waals surface area (Å²) in [5.41, 5.74) is 2.86. The Balaban J connectivity index is 1.47. The third-order valence-electron chi connectivity index (χ3n) is 7.77. The number of phenolic OH excluding ortho intramolecular Hbond substituents is 1. The maximum absolute atomic E-state index is 15.1. The first-order valence-electron chi connectivity index (χ1n) is 15.2. The van der Waals surface area contributed by atoms with Gasteiger partial charge in [0.1, 0.15) is 11.6 Å². The molecule has 11 nitrogen and oxygen atoms in total. The molecule has 5 aromatic rings. The predicted molar refractivity (Wildman–Crippen MR) is 188 cm³/mol. The molecular formula is C35H27BF2N4O7S. The molecule has 0 aliphatic carbocycles. The van der Waals surface area contributed by atoms with Gasteiger partial charge in [-0.05, 0) is 71.7 Å². The van der Waals surface area contributed by atoms with Crippen molar-refractivity contribution < 1.29 is 36.4 Å². The highest BCUT2D eigenvalue weighted by molar-refractivity contribution is 7.85. The Labute approximate surface area is 285 Å². The van der Waals surface area contributed by atoms with Gasteiger partial charge in [0.2, 0.25) is 0 Å². The second kappa shape index (κ2) is 14.3. The number of hydrogen-bond acceptors (Lipinski definition) is 7. The van der Waals surface area contributed by atoms with E-state index in [-0.39, 0.29) is 36.1 Å². The van der Waals surface area contributed by atoms with Gasteiger partial charge in [-0.1, -0.05) is 60.7 Å². The van der Waals surface area contributed by atoms with E-state index in [2.05, 4.69) is 4.99 Å². The monoisotopic (exact) mass is 696 g/mol. The van der Waals surface area contributed by atoms with E-state index in [9.17, 15) is 23.6 Å². The number of halogens is 2. The first-order chi connectivity index (χ1) is 24.0. The molecule has 1 aromatic heterocycles. The van der Waals surface area contributed by atoms with Crippen molar-refractivity contribution in [2.75, 3.05) is 12.4 Å². The van der Waals surface area contributed by atoms with Gasteiger partial charge < -0.3 is 14.3 Å². The van der Waals surface area contributed by atoms with Crippen LogP contribution in [0.3, 0.4) is 0 Å². The Hall–Kier alpha value is -5.93. The third-order valence-corrected chi connectivity index (χ3v) is 8.57. The molecule has 0 bridgehead atoms. The Kier molecular flexibility index (Phi) is 9.70. The quantitative estimate of drug-likeness (QED) is 0.0450. The molecule has 0 amide bonds. The first kappa shape index (κ1) is 34.0. The highest BCUT2D eigenvalue weighted by atomic mass is 32.2. The number of aromatic nitrogens is 1. The molecule has 0 spiro atoms. The number of allylic oxidation sites excluding steroid dienone is 1. The van der Waals surface area contributed by atoms with Crippen LogP contribution in [0.4, 0.5) is 20.1 Å². The summed E-state index contributed by atoms with van der Waals surface area (Å²) in [5.74, 6) is -0.570. The summed E-state index contributed by atoms with van der Waals surface area (Å²) in [6, 6.07) is 29.7. The van der Waals surface area contributed by atoms with Crippen LogP contribution in [-0.4, -0.2) is 58.8 Å². The number of amidine groups is 1. The Morgan fingerprint density at radius 2 is 1.52 bits per heavy atom. The van der Waals surface area contributed by atoms with Gasteiger partial charge in [-0.2, -0.15) is 8.42 Å². The minimum atomic E-state index is -4.12. The molecule has 4 aromatic carbocycles. The van der Waals surface area contributed by atoms with Crippen molar-refractivity contribution >= 4 is 46.1 Å². The number of rotatable bonds is 12. The van der Waals surface area contributed by atoms with Gasteiger partial charge in [-0.25, -0.2) is 9.98 Å². The maximum Gasteiger partial charge on any atom is 0.679 e. The standard InChI is InChI=1S/C35H27BF2N4O7S/c37-36(38)41-31(25-12-15-27(16-13-25)49-18-7-19-50(46,47)48)22-29(24-10-5-2-6-11-24)35(41)40-34-28(23-8-3-1-4-9-23)21-30(39-34)26-14-17-33(43)32(20-26)42(44)45/h1-6,8-17,20-22,43H,7,18-19H2,(H,46,47,48)/b40-34-. The molecule has 15 heteroatoms. The van der Waals surface area contributed by atoms with Gasteiger partial charge in [-0.15, -0.1) is 0 Å². The van der Waals surface area contributed by atoms with Gasteiger partial charge in [0.25, 0.3) is 10.1 Å². The molecule has 0 radical (unpaired) electrons. The van der Waals surface area contributed by atoms with Crippen LogP contribution in [0.2, 0.25) is 0 Å². The van der Waals surface area contributed by atoms with Crippen LogP contribution in [0, 0.1) is 10.1 Å². The van der Waals surface area contributed by atoms with E-state index in [1.54, 1.807) is 91.0 Å². The Morgan fingerprint density at radius 1 is 0.880 bits per heavy atom. The average Bonchev–Trinajstić information content (AvgIpc) is 3.70. The lowest BCUT2D eigenvalue weighted by Crippen LogP contribution is -2.14. The topological polar surface area (TPSA) is 157 Å². The molecule has 1 aliphatic rings. The second-order valence-electron chi connectivity index (χ2n) is 11.1. The van der Waals surface area contributed by atoms with Crippen molar-refractivity contribution in [2.45, 2.75) is 6.42 Å². The number of ether oxygens (including phenoxy) is 1. The molecule has 0 atom stereocenters. The van der Waals surface area contributed by atoms with Crippen LogP contribution in [0.5, 0.6) is 11.5 Å². The molecule has 6 rings (SSSR count). The number of nitrogens with zero attached hydrogens (tertiary/aromatic N) is 4. The Morgan fingerprint density at radius 3 is 2.14 bits per heavy atom. The summed E-state index contributed by atoms with van der Waals surface area (Å²) < 4.78 is 67.5. The van der Waals surface area contributed by atoms with Crippen molar-refractivity contribution in [3.05, 3.63) is 137 Å². The van der Waals surface area contributed by atoms with Crippen LogP contribution in [0.25, 0.3) is 28.0 Å². The molecule has 0 saturated heterocycles. The zero-order valence-corrected chi connectivity index (χ0v) is 26.9. The Bertz CT molecular complexity index is 2260. The van der Waals surface area contributed by atoms with Crippen molar-refractivity contribution in [3.8, 4) is 33.9 Å². The number of benzene rings is 4. The number of aliphatic imine (C=N–C) groups is 2. The van der Waals surface area contributed by atoms with Crippen LogP contribution in [0.15, 0.2) is 125 Å². The van der Waals surface area contributed by atoms with E-state index in [1.165, 1.54) is 18.2 Å². The van der Waals surface area contributed by atoms with Gasteiger partial charge in [0.05, 0.1) is 23.0 Å². The fraction of sp³-hybridized carbons (Fsp3) is 0.0857. The minimum Gasteiger partial charge on any atom is -0.502 e. The summed E-state index contributed by atoms with van der Waals surface area (Å²) in [6.45, 7) is 0.0175. The zero-order chi connectivity index (χ0) is 35.4. The van der Waals surface area contributed by atoms with E-state index < -0.39 is 39.6 Å². The van der Waals surface area contributed by atoms with Gasteiger partial charge in [0, 0.05) is 28.5 Å². The normalized spacial score (nSPS) is 13.6. The highest BCUT2D eigenvalue weighted by Gasteiger charge is 2.30. The zero-order valence-electron chi connectivity index (χ0n) is 26.1. The number of phenols is 1. The van der Waals surface area contributed by atoms with Gasteiger partial charge in [0.15, 0.2) is 11.6 Å². The predicted octanol–water partition coefficient (Wildman–Crippen LogP) is 7.48. The van der Waals surface area contributed by atoms with Gasteiger partial charge >= 0.3 is 13.1 Å². The lowest BCUT2D eigenvalue weighted by Gasteiger charge is -2.11. The van der Waals surface area contributed by atoms with Crippen LogP contribution < -0.4 is 4.74 Å². The summed E-state index contributed by atoms with van der Waals surface area (Å²) in [6.07, 6.45) is 1.73. The van der Waals surface area contributed by atoms with Crippen molar-refractivity contribution in [3.63, 3.8) is 0 Å². The summed E-state index contributed by atoms with van der Waals surface area (Å²) in [7, 11) is -7.16. The molecule has 2 N–H and O–H groups in total. The summed E-state index contributed by atoms with van der Waals surface area (Å²) in [5, 5.41) is 21.5. The fourth-order valence-electron chi connectivity index (χ4n) is 5.43. The number of nitro benzene ring substituents is 1. The molecular weight excluding hydrogens is 669 g/mol. The van der Waals surface area contributed by atoms with E-state index in [4.69, 9.17) is 14.3 Å². The third kappa shape index (κ3) is 7.53. The maximum atomic E-state index is 15.1. The van der Waals surface area contributed by atoms with E-state index >= 15 is 8.63 Å². The second-order valence-corrected chi connectivity index (χ2v) is 12.7. The lowest BCUT2D eigenvalue weighted by molar-refractivity contribution is -0.385. The molecule has 0 fully saturated rings. The number of nitro groups is 1. The smallest absolute Gasteiger partial charge is 0.502 e. The van der Waals surface area contributed by atoms with Crippen molar-refractivity contribution in [1.29, 1.82) is 0 Å². The van der Waals surface area contributed by atoms with E-state index in [0.717, 1.165) is 4.48 Å². The van der Waals surface area contributed by atoms with Crippen LogP contribution in [0.1, 0.15) is 17.5 Å². The number of aromatic hydroxyl groups is 1. The minimum absolute atomic E-state index is 0.0175. The lowest BCUT2D eigenvalue weighted by atomic mass is 10.0. The van der Waals surface area contributed by atoms with Crippen LogP contribution >= 0.6 is 0 Å². The first-order valence-corrected chi connectivity index (χ1v) is 16.8. The van der Waals surface area contributed by atoms with E-state index in [0.29, 0.717) is 39.1 Å². The van der Waals surface area contributed by atoms with E-state index in [1.807, 2.05) is 6.07 Å². The molecule has 252 valence electrons. The fourth-order valence-corrected chi connectivity index (χ4v) is 5.92. The molecule has 1 aliphatic heterocycles. The molecule has 0 unspecified atom stereocenters. The van der Waals surface area contributed by atoms with Gasteiger partial charge in [-0.3, -0.25) is 23.3 Å². The number of hydrogen-bond donors (Lipinski definition) is 2. The van der Waals surface area contributed by atoms with Crippen molar-refractivity contribution in [1.82, 2.24) is 4.48 Å². The molecule has 2 heterocycles.